The largest absolute Gasteiger partial charge is 0.459 e. The Morgan fingerprint density at radius 1 is 1.47 bits per heavy atom. The topological polar surface area (TPSA) is 72.6 Å². The van der Waals surface area contributed by atoms with Crippen molar-refractivity contribution in [2.75, 3.05) is 6.54 Å². The fraction of sp³-hybridized carbons (Fsp3) is 0.857. The van der Waals surface area contributed by atoms with Gasteiger partial charge in [-0.05, 0) is 53.9 Å². The number of hydrogen-bond donors (Lipinski definition) is 1. The van der Waals surface area contributed by atoms with Crippen molar-refractivity contribution in [1.82, 2.24) is 4.90 Å². The van der Waals surface area contributed by atoms with Gasteiger partial charge in [-0.15, -0.1) is 0 Å². The number of rotatable bonds is 2. The molecular formula is C14H26N2O3. The van der Waals surface area contributed by atoms with Crippen molar-refractivity contribution in [3.63, 3.8) is 0 Å². The summed E-state index contributed by atoms with van der Waals surface area (Å²) in [7, 11) is 0. The van der Waals surface area contributed by atoms with Crippen LogP contribution in [0.3, 0.4) is 0 Å². The number of ether oxygens (including phenoxy) is 1. The van der Waals surface area contributed by atoms with Crippen LogP contribution in [0, 0.1) is 0 Å². The van der Waals surface area contributed by atoms with Crippen molar-refractivity contribution >= 4 is 11.9 Å². The third-order valence-corrected chi connectivity index (χ3v) is 3.32. The molecule has 1 saturated heterocycles. The Morgan fingerprint density at radius 3 is 2.58 bits per heavy atom. The minimum atomic E-state index is -0.543. The molecule has 1 unspecified atom stereocenters. The minimum Gasteiger partial charge on any atom is -0.459 e. The summed E-state index contributed by atoms with van der Waals surface area (Å²) in [4.78, 5) is 25.7. The van der Waals surface area contributed by atoms with E-state index in [4.69, 9.17) is 10.5 Å². The van der Waals surface area contributed by atoms with Gasteiger partial charge in [-0.25, -0.2) is 0 Å². The van der Waals surface area contributed by atoms with E-state index in [-0.39, 0.29) is 24.0 Å². The molecule has 1 rings (SSSR count). The first-order valence-electron chi connectivity index (χ1n) is 6.82. The molecule has 0 saturated carbocycles. The van der Waals surface area contributed by atoms with Gasteiger partial charge in [0.15, 0.2) is 0 Å². The zero-order valence-corrected chi connectivity index (χ0v) is 12.7. The number of carbonyl (C=O) groups is 2. The highest BCUT2D eigenvalue weighted by Crippen LogP contribution is 2.27. The molecular weight excluding hydrogens is 244 g/mol. The van der Waals surface area contributed by atoms with E-state index < -0.39 is 11.6 Å². The molecule has 0 bridgehead atoms. The summed E-state index contributed by atoms with van der Waals surface area (Å²) in [5, 5.41) is 0. The molecule has 5 heteroatoms. The Labute approximate surface area is 115 Å². The van der Waals surface area contributed by atoms with Gasteiger partial charge in [0.05, 0.1) is 6.04 Å². The van der Waals surface area contributed by atoms with Crippen molar-refractivity contribution in [1.29, 1.82) is 0 Å². The Balaban J connectivity index is 2.81. The smallest absolute Gasteiger partial charge is 0.326 e. The molecule has 0 spiro atoms. The molecule has 1 atom stereocenters. The van der Waals surface area contributed by atoms with E-state index >= 15 is 0 Å². The zero-order chi connectivity index (χ0) is 14.8. The van der Waals surface area contributed by atoms with Crippen LogP contribution in [0.1, 0.15) is 53.9 Å². The van der Waals surface area contributed by atoms with Crippen LogP contribution in [0.25, 0.3) is 0 Å². The second-order valence-electron chi connectivity index (χ2n) is 6.82. The highest BCUT2D eigenvalue weighted by atomic mass is 16.6. The first-order chi connectivity index (χ1) is 8.53. The average Bonchev–Trinajstić information content (AvgIpc) is 2.28. The highest BCUT2D eigenvalue weighted by Gasteiger charge is 2.38. The van der Waals surface area contributed by atoms with Crippen LogP contribution < -0.4 is 5.73 Å². The molecule has 0 aromatic carbocycles. The monoisotopic (exact) mass is 270 g/mol. The number of nitrogens with two attached hydrogens (primary N) is 1. The van der Waals surface area contributed by atoms with Crippen LogP contribution in [0.5, 0.6) is 0 Å². The molecule has 1 aliphatic rings. The fourth-order valence-corrected chi connectivity index (χ4v) is 2.31. The first-order valence-corrected chi connectivity index (χ1v) is 6.82. The van der Waals surface area contributed by atoms with E-state index in [1.807, 2.05) is 34.6 Å². The quantitative estimate of drug-likeness (QED) is 0.771. The lowest BCUT2D eigenvalue weighted by Gasteiger charge is -2.37. The Bertz CT molecular complexity index is 358. The molecule has 5 nitrogen and oxygen atoms in total. The predicted molar refractivity (Wildman–Crippen MR) is 73.5 cm³/mol. The molecule has 0 radical (unpaired) electrons. The highest BCUT2D eigenvalue weighted by molar-refractivity contribution is 5.86. The van der Waals surface area contributed by atoms with Gasteiger partial charge in [0.25, 0.3) is 0 Å². The standard InChI is InChI=1S/C14H26N2O3/c1-13(2,3)19-11(17)9-16-12(18)10(15)7-6-8-14(16,4)5/h10H,6-9,15H2,1-5H3. The number of nitrogens with zero attached hydrogens (tertiary/aromatic N) is 1. The van der Waals surface area contributed by atoms with Crippen molar-refractivity contribution in [3.05, 3.63) is 0 Å². The summed E-state index contributed by atoms with van der Waals surface area (Å²) in [6.07, 6.45) is 2.41. The normalized spacial score (nSPS) is 24.0. The molecule has 1 fully saturated rings. The van der Waals surface area contributed by atoms with Gasteiger partial charge in [-0.1, -0.05) is 0 Å². The number of carbonyl (C=O) groups excluding carboxylic acids is 2. The Morgan fingerprint density at radius 2 is 2.05 bits per heavy atom. The summed E-state index contributed by atoms with van der Waals surface area (Å²) in [5.74, 6) is -0.545. The van der Waals surface area contributed by atoms with E-state index in [0.717, 1.165) is 12.8 Å². The number of esters is 1. The van der Waals surface area contributed by atoms with E-state index in [1.165, 1.54) is 0 Å². The molecule has 110 valence electrons. The van der Waals surface area contributed by atoms with E-state index in [2.05, 4.69) is 0 Å². The van der Waals surface area contributed by atoms with Gasteiger partial charge in [0.1, 0.15) is 12.1 Å². The minimum absolute atomic E-state index is 0.0309. The van der Waals surface area contributed by atoms with Crippen molar-refractivity contribution in [3.8, 4) is 0 Å². The summed E-state index contributed by atoms with van der Waals surface area (Å²) in [6.45, 7) is 9.33. The Hall–Kier alpha value is -1.10. The molecule has 0 aliphatic carbocycles. The van der Waals surface area contributed by atoms with Crippen molar-refractivity contribution in [2.45, 2.75) is 71.1 Å². The average molecular weight is 270 g/mol. The van der Waals surface area contributed by atoms with Gasteiger partial charge >= 0.3 is 5.97 Å². The van der Waals surface area contributed by atoms with Gasteiger partial charge in [-0.3, -0.25) is 9.59 Å². The first kappa shape index (κ1) is 16.0. The summed E-state index contributed by atoms with van der Waals surface area (Å²) in [6, 6.07) is -0.510. The maximum Gasteiger partial charge on any atom is 0.326 e. The van der Waals surface area contributed by atoms with Gasteiger partial charge in [-0.2, -0.15) is 0 Å². The summed E-state index contributed by atoms with van der Waals surface area (Å²) in [5.41, 5.74) is 4.95. The summed E-state index contributed by atoms with van der Waals surface area (Å²) >= 11 is 0. The van der Waals surface area contributed by atoms with Crippen LogP contribution in [0.4, 0.5) is 0 Å². The third-order valence-electron chi connectivity index (χ3n) is 3.32. The number of amides is 1. The molecule has 1 heterocycles. The summed E-state index contributed by atoms with van der Waals surface area (Å²) < 4.78 is 5.28. The molecule has 0 aromatic rings. The number of hydrogen-bond acceptors (Lipinski definition) is 4. The Kier molecular flexibility index (Phi) is 4.61. The molecule has 0 aromatic heterocycles. The number of likely N-dealkylation sites (tertiary alicyclic amines) is 1. The second-order valence-corrected chi connectivity index (χ2v) is 6.82. The lowest BCUT2D eigenvalue weighted by atomic mass is 9.97. The zero-order valence-electron chi connectivity index (χ0n) is 12.7. The SMILES string of the molecule is CC(C)(C)OC(=O)CN1C(=O)C(N)CCCC1(C)C. The lowest BCUT2D eigenvalue weighted by molar-refractivity contribution is -0.161. The predicted octanol–water partition coefficient (Wildman–Crippen LogP) is 1.45. The van der Waals surface area contributed by atoms with Crippen LogP contribution >= 0.6 is 0 Å². The fourth-order valence-electron chi connectivity index (χ4n) is 2.31. The van der Waals surface area contributed by atoms with Crippen LogP contribution in [0.2, 0.25) is 0 Å². The van der Waals surface area contributed by atoms with Gasteiger partial charge in [0.2, 0.25) is 5.91 Å². The van der Waals surface area contributed by atoms with Crippen molar-refractivity contribution in [2.24, 2.45) is 5.73 Å². The molecule has 19 heavy (non-hydrogen) atoms. The van der Waals surface area contributed by atoms with Crippen LogP contribution in [-0.4, -0.2) is 40.5 Å². The van der Waals surface area contributed by atoms with Crippen LogP contribution in [-0.2, 0) is 14.3 Å². The van der Waals surface area contributed by atoms with E-state index in [0.29, 0.717) is 6.42 Å². The van der Waals surface area contributed by atoms with E-state index in [9.17, 15) is 9.59 Å². The van der Waals surface area contributed by atoms with Crippen LogP contribution in [0.15, 0.2) is 0 Å². The van der Waals surface area contributed by atoms with Crippen molar-refractivity contribution < 1.29 is 14.3 Å². The van der Waals surface area contributed by atoms with Gasteiger partial charge < -0.3 is 15.4 Å². The van der Waals surface area contributed by atoms with E-state index in [1.54, 1.807) is 4.90 Å². The van der Waals surface area contributed by atoms with Gasteiger partial charge in [0, 0.05) is 5.54 Å². The third kappa shape index (κ3) is 4.49. The molecule has 1 amide bonds. The maximum absolute atomic E-state index is 12.3. The second kappa shape index (κ2) is 5.49. The lowest BCUT2D eigenvalue weighted by Crippen LogP contribution is -2.54. The molecule has 1 aliphatic heterocycles. The molecule has 2 N–H and O–H groups in total. The maximum atomic E-state index is 12.3.